The number of para-hydroxylation sites is 1. The van der Waals surface area contributed by atoms with Gasteiger partial charge in [-0.1, -0.05) is 78.9 Å². The van der Waals surface area contributed by atoms with Crippen LogP contribution >= 0.6 is 0 Å². The van der Waals surface area contributed by atoms with E-state index in [0.717, 1.165) is 42.8 Å². The topological polar surface area (TPSA) is 52.9 Å². The van der Waals surface area contributed by atoms with Gasteiger partial charge >= 0.3 is 0 Å². The molecule has 0 bridgehead atoms. The van der Waals surface area contributed by atoms with Crippen LogP contribution < -0.4 is 4.74 Å². The summed E-state index contributed by atoms with van der Waals surface area (Å²) in [5, 5.41) is 22.4. The molecule has 162 valence electrons. The molecule has 0 radical (unpaired) electrons. The molecule has 1 aliphatic rings. The molecule has 3 aromatic rings. The molecular weight excluding hydrogens is 386 g/mol. The second-order valence-corrected chi connectivity index (χ2v) is 8.35. The smallest absolute Gasteiger partial charge is 0.119 e. The second kappa shape index (κ2) is 10.1. The third kappa shape index (κ3) is 5.16. The number of likely N-dealkylation sites (tertiary alicyclic amines) is 1. The summed E-state index contributed by atoms with van der Waals surface area (Å²) in [6, 6.07) is 29.6. The largest absolute Gasteiger partial charge is 0.491 e. The van der Waals surface area contributed by atoms with Crippen molar-refractivity contribution in [1.29, 1.82) is 0 Å². The van der Waals surface area contributed by atoms with Crippen molar-refractivity contribution in [1.82, 2.24) is 4.90 Å². The van der Waals surface area contributed by atoms with Crippen LogP contribution in [0.2, 0.25) is 0 Å². The van der Waals surface area contributed by atoms with Gasteiger partial charge in [0.25, 0.3) is 0 Å². The zero-order chi connectivity index (χ0) is 21.5. The van der Waals surface area contributed by atoms with Crippen LogP contribution in [0.15, 0.2) is 91.0 Å². The van der Waals surface area contributed by atoms with E-state index in [4.69, 9.17) is 4.74 Å². The molecule has 4 heteroatoms. The van der Waals surface area contributed by atoms with Gasteiger partial charge < -0.3 is 19.8 Å². The molecular formula is C27H31NO3. The van der Waals surface area contributed by atoms with Gasteiger partial charge in [-0.05, 0) is 55.1 Å². The van der Waals surface area contributed by atoms with Crippen LogP contribution in [0.25, 0.3) is 0 Å². The minimum Gasteiger partial charge on any atom is -0.491 e. The summed E-state index contributed by atoms with van der Waals surface area (Å²) < 4.78 is 5.68. The Labute approximate surface area is 184 Å². The lowest BCUT2D eigenvalue weighted by atomic mass is 9.72. The first-order valence-electron chi connectivity index (χ1n) is 11.1. The van der Waals surface area contributed by atoms with Gasteiger partial charge in [-0.15, -0.1) is 0 Å². The highest BCUT2D eigenvalue weighted by Crippen LogP contribution is 2.41. The molecule has 1 aliphatic heterocycles. The molecule has 4 rings (SSSR count). The summed E-state index contributed by atoms with van der Waals surface area (Å²) in [6.45, 7) is 2.54. The Morgan fingerprint density at radius 1 is 0.806 bits per heavy atom. The van der Waals surface area contributed by atoms with E-state index >= 15 is 0 Å². The zero-order valence-corrected chi connectivity index (χ0v) is 17.8. The predicted molar refractivity (Wildman–Crippen MR) is 123 cm³/mol. The highest BCUT2D eigenvalue weighted by molar-refractivity contribution is 5.37. The molecule has 1 atom stereocenters. The normalized spacial score (nSPS) is 16.7. The Bertz CT molecular complexity index is 869. The highest BCUT2D eigenvalue weighted by Gasteiger charge is 2.41. The number of nitrogens with zero attached hydrogens (tertiary/aromatic N) is 1. The van der Waals surface area contributed by atoms with Crippen molar-refractivity contribution in [2.45, 2.75) is 24.5 Å². The van der Waals surface area contributed by atoms with E-state index in [1.807, 2.05) is 91.0 Å². The van der Waals surface area contributed by atoms with Crippen molar-refractivity contribution in [2.75, 3.05) is 26.2 Å². The number of aliphatic hydroxyl groups is 2. The van der Waals surface area contributed by atoms with Crippen LogP contribution in [-0.2, 0) is 5.60 Å². The van der Waals surface area contributed by atoms with E-state index < -0.39 is 11.7 Å². The van der Waals surface area contributed by atoms with Gasteiger partial charge in [0.05, 0.1) is 0 Å². The molecule has 2 N–H and O–H groups in total. The van der Waals surface area contributed by atoms with Crippen LogP contribution in [0.1, 0.15) is 24.0 Å². The number of rotatable bonds is 8. The second-order valence-electron chi connectivity index (χ2n) is 8.35. The van der Waals surface area contributed by atoms with Crippen molar-refractivity contribution in [3.8, 4) is 5.75 Å². The van der Waals surface area contributed by atoms with Crippen LogP contribution in [0, 0.1) is 5.92 Å². The van der Waals surface area contributed by atoms with Gasteiger partial charge in [-0.25, -0.2) is 0 Å². The molecule has 0 aromatic heterocycles. The molecule has 0 spiro atoms. The van der Waals surface area contributed by atoms with Gasteiger partial charge in [-0.2, -0.15) is 0 Å². The molecule has 4 nitrogen and oxygen atoms in total. The van der Waals surface area contributed by atoms with Crippen LogP contribution in [0.3, 0.4) is 0 Å². The minimum absolute atomic E-state index is 0.117. The molecule has 0 aliphatic carbocycles. The van der Waals surface area contributed by atoms with E-state index in [1.54, 1.807) is 0 Å². The first-order valence-corrected chi connectivity index (χ1v) is 11.1. The average Bonchev–Trinajstić information content (AvgIpc) is 2.84. The average molecular weight is 418 g/mol. The third-order valence-corrected chi connectivity index (χ3v) is 6.26. The number of β-amino-alcohol motifs (C(OH)–C–C–N with tert-alkyl or cyclic N) is 1. The van der Waals surface area contributed by atoms with E-state index in [2.05, 4.69) is 4.90 Å². The number of aliphatic hydroxyl groups excluding tert-OH is 1. The highest BCUT2D eigenvalue weighted by atomic mass is 16.5. The van der Waals surface area contributed by atoms with Crippen molar-refractivity contribution in [2.24, 2.45) is 5.92 Å². The lowest BCUT2D eigenvalue weighted by molar-refractivity contribution is -0.0222. The van der Waals surface area contributed by atoms with E-state index in [9.17, 15) is 10.2 Å². The summed E-state index contributed by atoms with van der Waals surface area (Å²) in [7, 11) is 0. The first-order chi connectivity index (χ1) is 15.2. The Hall–Kier alpha value is -2.66. The number of piperidine rings is 1. The fraction of sp³-hybridized carbons (Fsp3) is 0.333. The van der Waals surface area contributed by atoms with Gasteiger partial charge in [-0.3, -0.25) is 0 Å². The van der Waals surface area contributed by atoms with Crippen molar-refractivity contribution in [3.63, 3.8) is 0 Å². The zero-order valence-electron chi connectivity index (χ0n) is 17.8. The molecule has 1 fully saturated rings. The molecule has 3 aromatic carbocycles. The molecule has 0 amide bonds. The summed E-state index contributed by atoms with van der Waals surface area (Å²) >= 11 is 0. The fourth-order valence-corrected chi connectivity index (χ4v) is 4.62. The summed E-state index contributed by atoms with van der Waals surface area (Å²) in [5.74, 6) is 0.891. The van der Waals surface area contributed by atoms with Crippen LogP contribution in [0.5, 0.6) is 5.75 Å². The minimum atomic E-state index is -1.01. The number of hydrogen-bond acceptors (Lipinski definition) is 4. The summed E-state index contributed by atoms with van der Waals surface area (Å²) in [6.07, 6.45) is 1.19. The fourth-order valence-electron chi connectivity index (χ4n) is 4.62. The van der Waals surface area contributed by atoms with Gasteiger partial charge in [0.15, 0.2) is 0 Å². The maximum Gasteiger partial charge on any atom is 0.119 e. The van der Waals surface area contributed by atoms with Gasteiger partial charge in [0.2, 0.25) is 0 Å². The summed E-state index contributed by atoms with van der Waals surface area (Å²) in [5.41, 5.74) is 0.871. The maximum absolute atomic E-state index is 12.0. The molecule has 1 saturated heterocycles. The SMILES string of the molecule is O[C@H](COc1ccccc1)CN1CCC(C(O)(c2ccccc2)c2ccccc2)CC1. The number of benzene rings is 3. The lowest BCUT2D eigenvalue weighted by Crippen LogP contribution is -2.46. The Kier molecular flexibility index (Phi) is 7.03. The van der Waals surface area contributed by atoms with Crippen molar-refractivity contribution < 1.29 is 14.9 Å². The number of ether oxygens (including phenoxy) is 1. The van der Waals surface area contributed by atoms with Crippen LogP contribution in [0.4, 0.5) is 0 Å². The van der Waals surface area contributed by atoms with Gasteiger partial charge in [0, 0.05) is 6.54 Å². The molecule has 0 unspecified atom stereocenters. The maximum atomic E-state index is 12.0. The van der Waals surface area contributed by atoms with E-state index in [1.165, 1.54) is 0 Å². The van der Waals surface area contributed by atoms with Crippen LogP contribution in [-0.4, -0.2) is 47.5 Å². The Morgan fingerprint density at radius 2 is 1.29 bits per heavy atom. The summed E-state index contributed by atoms with van der Waals surface area (Å²) in [4.78, 5) is 2.27. The van der Waals surface area contributed by atoms with Crippen molar-refractivity contribution in [3.05, 3.63) is 102 Å². The quantitative estimate of drug-likeness (QED) is 0.580. The van der Waals surface area contributed by atoms with E-state index in [-0.39, 0.29) is 12.5 Å². The first kappa shape index (κ1) is 21.6. The molecule has 0 saturated carbocycles. The monoisotopic (exact) mass is 417 g/mol. The molecule has 31 heavy (non-hydrogen) atoms. The predicted octanol–water partition coefficient (Wildman–Crippen LogP) is 4.07. The Balaban J connectivity index is 1.38. The Morgan fingerprint density at radius 3 is 1.81 bits per heavy atom. The van der Waals surface area contributed by atoms with Gasteiger partial charge in [0.1, 0.15) is 24.1 Å². The third-order valence-electron chi connectivity index (χ3n) is 6.26. The van der Waals surface area contributed by atoms with E-state index in [0.29, 0.717) is 6.54 Å². The van der Waals surface area contributed by atoms with Crippen molar-refractivity contribution >= 4 is 0 Å². The standard InChI is InChI=1S/C27H31NO3/c29-25(21-31-26-14-8-3-9-15-26)20-28-18-16-24(17-19-28)27(30,22-10-4-1-5-11-22)23-12-6-2-7-13-23/h1-15,24-25,29-30H,16-21H2/t25-/m0/s1. The molecule has 1 heterocycles. The number of hydrogen-bond donors (Lipinski definition) is 2. The lowest BCUT2D eigenvalue weighted by Gasteiger charge is -2.42.